The minimum atomic E-state index is -2.37. The van der Waals surface area contributed by atoms with Crippen molar-refractivity contribution in [3.8, 4) is 10.6 Å². The van der Waals surface area contributed by atoms with Crippen molar-refractivity contribution in [3.05, 3.63) is 35.3 Å². The zero-order valence-corrected chi connectivity index (χ0v) is 7.44. The molecule has 13 heavy (non-hydrogen) atoms. The largest absolute Gasteiger partial charge is 0.361 e. The lowest BCUT2D eigenvalue weighted by Gasteiger charge is -1.91. The number of hydrogen-bond acceptors (Lipinski definition) is 1. The summed E-state index contributed by atoms with van der Waals surface area (Å²) in [5, 5.41) is 0. The molecule has 68 valence electrons. The molecule has 2 aromatic heterocycles. The Bertz CT molecular complexity index is 378. The molecule has 0 bridgehead atoms. The van der Waals surface area contributed by atoms with Gasteiger partial charge in [-0.25, -0.2) is 8.78 Å². The number of aromatic amines is 1. The van der Waals surface area contributed by atoms with Crippen LogP contribution in [0.25, 0.3) is 10.6 Å². The van der Waals surface area contributed by atoms with E-state index in [2.05, 4.69) is 4.98 Å². The molecule has 0 aliphatic rings. The van der Waals surface area contributed by atoms with E-state index in [0.29, 0.717) is 0 Å². The monoisotopic (exact) mass is 199 g/mol. The number of rotatable bonds is 2. The van der Waals surface area contributed by atoms with E-state index >= 15 is 0 Å². The van der Waals surface area contributed by atoms with Gasteiger partial charge in [0, 0.05) is 6.20 Å². The first-order valence-electron chi connectivity index (χ1n) is 3.79. The molecule has 0 aromatic carbocycles. The Morgan fingerprint density at radius 2 is 2.08 bits per heavy atom. The van der Waals surface area contributed by atoms with Crippen LogP contribution in [0, 0.1) is 0 Å². The summed E-state index contributed by atoms with van der Waals surface area (Å²) in [6.45, 7) is 0. The fraction of sp³-hybridized carbons (Fsp3) is 0.111. The first kappa shape index (κ1) is 8.44. The third-order valence-corrected chi connectivity index (χ3v) is 2.83. The molecule has 2 heterocycles. The molecule has 0 amide bonds. The highest BCUT2D eigenvalue weighted by atomic mass is 32.1. The molecule has 0 fully saturated rings. The molecule has 2 aromatic rings. The third-order valence-electron chi connectivity index (χ3n) is 1.71. The SMILES string of the molecule is FC(F)c1ccc(-c2ccc[nH]2)s1. The van der Waals surface area contributed by atoms with Gasteiger partial charge in [0.2, 0.25) is 0 Å². The summed E-state index contributed by atoms with van der Waals surface area (Å²) >= 11 is 1.12. The number of hydrogen-bond donors (Lipinski definition) is 1. The molecule has 4 heteroatoms. The van der Waals surface area contributed by atoms with Crippen LogP contribution in [0.2, 0.25) is 0 Å². The van der Waals surface area contributed by atoms with Crippen molar-refractivity contribution in [1.82, 2.24) is 4.98 Å². The second-order valence-corrected chi connectivity index (χ2v) is 3.70. The maximum absolute atomic E-state index is 12.2. The van der Waals surface area contributed by atoms with E-state index < -0.39 is 6.43 Å². The predicted molar refractivity (Wildman–Crippen MR) is 49.1 cm³/mol. The summed E-state index contributed by atoms with van der Waals surface area (Å²) in [7, 11) is 0. The van der Waals surface area contributed by atoms with Gasteiger partial charge in [-0.05, 0) is 24.3 Å². The molecule has 2 rings (SSSR count). The minimum absolute atomic E-state index is 0.115. The quantitative estimate of drug-likeness (QED) is 0.759. The van der Waals surface area contributed by atoms with Gasteiger partial charge in [0.25, 0.3) is 6.43 Å². The molecule has 0 spiro atoms. The Labute approximate surface area is 78.0 Å². The van der Waals surface area contributed by atoms with Crippen LogP contribution in [0.15, 0.2) is 30.5 Å². The van der Waals surface area contributed by atoms with Crippen LogP contribution in [0.1, 0.15) is 11.3 Å². The third kappa shape index (κ3) is 1.62. The maximum atomic E-state index is 12.2. The Kier molecular flexibility index (Phi) is 2.14. The standard InChI is InChI=1S/C9H7F2NS/c10-9(11)8-4-3-7(13-8)6-2-1-5-12-6/h1-5,9,12H. The Morgan fingerprint density at radius 1 is 1.23 bits per heavy atom. The number of aromatic nitrogens is 1. The number of thiophene rings is 1. The van der Waals surface area contributed by atoms with Crippen LogP contribution in [0.5, 0.6) is 0 Å². The fourth-order valence-electron chi connectivity index (χ4n) is 1.10. The van der Waals surface area contributed by atoms with Crippen LogP contribution in [-0.4, -0.2) is 4.98 Å². The van der Waals surface area contributed by atoms with Gasteiger partial charge < -0.3 is 4.98 Å². The van der Waals surface area contributed by atoms with Crippen LogP contribution in [0.4, 0.5) is 8.78 Å². The van der Waals surface area contributed by atoms with Gasteiger partial charge in [0.15, 0.2) is 0 Å². The molecule has 0 aliphatic carbocycles. The smallest absolute Gasteiger partial charge is 0.272 e. The minimum Gasteiger partial charge on any atom is -0.361 e. The number of alkyl halides is 2. The summed E-state index contributed by atoms with van der Waals surface area (Å²) in [5.41, 5.74) is 0.886. The lowest BCUT2D eigenvalue weighted by Crippen LogP contribution is -1.72. The Morgan fingerprint density at radius 3 is 2.62 bits per heavy atom. The fourth-order valence-corrected chi connectivity index (χ4v) is 1.95. The van der Waals surface area contributed by atoms with E-state index in [0.717, 1.165) is 21.9 Å². The first-order valence-corrected chi connectivity index (χ1v) is 4.60. The van der Waals surface area contributed by atoms with E-state index in [4.69, 9.17) is 0 Å². The summed E-state index contributed by atoms with van der Waals surface area (Å²) in [6.07, 6.45) is -0.592. The van der Waals surface area contributed by atoms with E-state index in [1.54, 1.807) is 12.3 Å². The predicted octanol–water partition coefficient (Wildman–Crippen LogP) is 3.68. The van der Waals surface area contributed by atoms with Crippen molar-refractivity contribution >= 4 is 11.3 Å². The molecule has 0 saturated carbocycles. The van der Waals surface area contributed by atoms with Gasteiger partial charge in [0.05, 0.1) is 15.4 Å². The van der Waals surface area contributed by atoms with Crippen molar-refractivity contribution in [1.29, 1.82) is 0 Å². The number of halogens is 2. The highest BCUT2D eigenvalue weighted by Gasteiger charge is 2.10. The molecular formula is C9H7F2NS. The molecule has 0 saturated heterocycles. The van der Waals surface area contributed by atoms with Gasteiger partial charge in [-0.2, -0.15) is 0 Å². The van der Waals surface area contributed by atoms with Gasteiger partial charge in [-0.3, -0.25) is 0 Å². The van der Waals surface area contributed by atoms with Gasteiger partial charge in [-0.1, -0.05) is 0 Å². The van der Waals surface area contributed by atoms with Crippen LogP contribution >= 0.6 is 11.3 Å². The molecule has 0 radical (unpaired) electrons. The molecular weight excluding hydrogens is 192 g/mol. The van der Waals surface area contributed by atoms with Crippen molar-refractivity contribution in [2.75, 3.05) is 0 Å². The average molecular weight is 199 g/mol. The zero-order valence-electron chi connectivity index (χ0n) is 6.63. The summed E-state index contributed by atoms with van der Waals surface area (Å²) in [6, 6.07) is 6.88. The Balaban J connectivity index is 2.33. The highest BCUT2D eigenvalue weighted by molar-refractivity contribution is 7.15. The van der Waals surface area contributed by atoms with Gasteiger partial charge in [-0.15, -0.1) is 11.3 Å². The van der Waals surface area contributed by atoms with Crippen LogP contribution in [-0.2, 0) is 0 Å². The molecule has 1 nitrogen and oxygen atoms in total. The molecule has 0 aliphatic heterocycles. The van der Waals surface area contributed by atoms with E-state index in [1.807, 2.05) is 12.1 Å². The summed E-state index contributed by atoms with van der Waals surface area (Å²) in [5.74, 6) is 0. The van der Waals surface area contributed by atoms with Crippen molar-refractivity contribution < 1.29 is 8.78 Å². The average Bonchev–Trinajstić information content (AvgIpc) is 2.75. The lowest BCUT2D eigenvalue weighted by molar-refractivity contribution is 0.155. The van der Waals surface area contributed by atoms with Crippen LogP contribution in [0.3, 0.4) is 0 Å². The first-order chi connectivity index (χ1) is 6.27. The zero-order chi connectivity index (χ0) is 9.26. The topological polar surface area (TPSA) is 15.8 Å². The van der Waals surface area contributed by atoms with Gasteiger partial charge in [0.1, 0.15) is 0 Å². The van der Waals surface area contributed by atoms with Crippen molar-refractivity contribution in [2.24, 2.45) is 0 Å². The molecule has 0 unspecified atom stereocenters. The van der Waals surface area contributed by atoms with Crippen LogP contribution < -0.4 is 0 Å². The maximum Gasteiger partial charge on any atom is 0.272 e. The van der Waals surface area contributed by atoms with E-state index in [9.17, 15) is 8.78 Å². The number of H-pyrrole nitrogens is 1. The second kappa shape index (κ2) is 3.30. The molecule has 0 atom stereocenters. The highest BCUT2D eigenvalue weighted by Crippen LogP contribution is 2.32. The van der Waals surface area contributed by atoms with E-state index in [1.165, 1.54) is 6.07 Å². The summed E-state index contributed by atoms with van der Waals surface area (Å²) < 4.78 is 24.4. The lowest BCUT2D eigenvalue weighted by atomic mass is 10.3. The summed E-state index contributed by atoms with van der Waals surface area (Å²) in [4.78, 5) is 3.93. The molecule has 1 N–H and O–H groups in total. The number of nitrogens with one attached hydrogen (secondary N) is 1. The van der Waals surface area contributed by atoms with E-state index in [-0.39, 0.29) is 4.88 Å². The van der Waals surface area contributed by atoms with Crippen molar-refractivity contribution in [3.63, 3.8) is 0 Å². The Hall–Kier alpha value is -1.16. The van der Waals surface area contributed by atoms with Gasteiger partial charge >= 0.3 is 0 Å². The normalized spacial score (nSPS) is 11.0. The second-order valence-electron chi connectivity index (χ2n) is 2.59. The van der Waals surface area contributed by atoms with Crippen molar-refractivity contribution in [2.45, 2.75) is 6.43 Å².